The number of fused-ring (bicyclic) bond motifs is 1. The molecule has 1 aromatic heterocycles. The van der Waals surface area contributed by atoms with E-state index in [0.717, 1.165) is 12.8 Å². The Labute approximate surface area is 90.8 Å². The van der Waals surface area contributed by atoms with Gasteiger partial charge in [-0.15, -0.1) is 0 Å². The third kappa shape index (κ3) is 1.43. The minimum atomic E-state index is -0.464. The Morgan fingerprint density at radius 2 is 2.27 bits per heavy atom. The number of nitrogens with zero attached hydrogens (tertiary/aromatic N) is 2. The first-order valence-corrected chi connectivity index (χ1v) is 5.11. The van der Waals surface area contributed by atoms with E-state index in [9.17, 15) is 4.79 Å². The minimum Gasteiger partial charge on any atom is -0.441 e. The summed E-state index contributed by atoms with van der Waals surface area (Å²) in [6, 6.07) is 0. The second-order valence-electron chi connectivity index (χ2n) is 3.72. The van der Waals surface area contributed by atoms with Gasteiger partial charge in [0, 0.05) is 5.92 Å². The van der Waals surface area contributed by atoms with Gasteiger partial charge in [-0.1, -0.05) is 11.6 Å². The van der Waals surface area contributed by atoms with Gasteiger partial charge >= 0.3 is 6.09 Å². The molecule has 15 heavy (non-hydrogen) atoms. The molecule has 1 aromatic rings. The van der Waals surface area contributed by atoms with Crippen molar-refractivity contribution < 1.29 is 9.53 Å². The highest BCUT2D eigenvalue weighted by Gasteiger charge is 2.41. The SMILES string of the molecule is O=C1Nc2ncnc(Cl)c2C(C2CC2)O1. The van der Waals surface area contributed by atoms with Crippen LogP contribution in [0.1, 0.15) is 24.5 Å². The summed E-state index contributed by atoms with van der Waals surface area (Å²) in [5.74, 6) is 0.849. The van der Waals surface area contributed by atoms with Crippen molar-refractivity contribution in [2.24, 2.45) is 5.92 Å². The molecule has 1 atom stereocenters. The summed E-state index contributed by atoms with van der Waals surface area (Å²) >= 11 is 5.97. The Balaban J connectivity index is 2.10. The third-order valence-corrected chi connectivity index (χ3v) is 2.93. The molecule has 6 heteroatoms. The molecule has 1 aliphatic carbocycles. The summed E-state index contributed by atoms with van der Waals surface area (Å²) < 4.78 is 5.20. The molecule has 5 nitrogen and oxygen atoms in total. The molecule has 1 saturated carbocycles. The summed E-state index contributed by atoms with van der Waals surface area (Å²) in [5.41, 5.74) is 0.710. The van der Waals surface area contributed by atoms with Gasteiger partial charge in [0.25, 0.3) is 0 Å². The van der Waals surface area contributed by atoms with E-state index in [1.165, 1.54) is 6.33 Å². The van der Waals surface area contributed by atoms with Gasteiger partial charge < -0.3 is 4.74 Å². The first-order chi connectivity index (χ1) is 7.25. The first-order valence-electron chi connectivity index (χ1n) is 4.74. The molecule has 0 spiro atoms. The number of carbonyl (C=O) groups excluding carboxylic acids is 1. The molecule has 3 rings (SSSR count). The zero-order chi connectivity index (χ0) is 10.4. The lowest BCUT2D eigenvalue weighted by Crippen LogP contribution is -2.27. The van der Waals surface area contributed by atoms with Crippen LogP contribution in [0.25, 0.3) is 0 Å². The predicted octanol–water partition coefficient (Wildman–Crippen LogP) is 2.14. The average molecular weight is 226 g/mol. The van der Waals surface area contributed by atoms with Gasteiger partial charge in [0.2, 0.25) is 0 Å². The Hall–Kier alpha value is -1.36. The van der Waals surface area contributed by atoms with E-state index in [1.807, 2.05) is 0 Å². The molecule has 0 radical (unpaired) electrons. The molecule has 2 heterocycles. The van der Waals surface area contributed by atoms with Crippen LogP contribution in [0.5, 0.6) is 0 Å². The molecular formula is C9H8ClN3O2. The van der Waals surface area contributed by atoms with Crippen LogP contribution in [0, 0.1) is 5.92 Å². The fourth-order valence-electron chi connectivity index (χ4n) is 1.76. The molecule has 1 aliphatic heterocycles. The topological polar surface area (TPSA) is 64.1 Å². The highest BCUT2D eigenvalue weighted by molar-refractivity contribution is 6.30. The fourth-order valence-corrected chi connectivity index (χ4v) is 2.00. The molecule has 0 bridgehead atoms. The second-order valence-corrected chi connectivity index (χ2v) is 4.07. The van der Waals surface area contributed by atoms with Crippen molar-refractivity contribution in [1.82, 2.24) is 9.97 Å². The molecule has 1 amide bonds. The predicted molar refractivity (Wildman–Crippen MR) is 52.6 cm³/mol. The summed E-state index contributed by atoms with van der Waals surface area (Å²) in [5, 5.41) is 2.87. The van der Waals surface area contributed by atoms with E-state index in [-0.39, 0.29) is 6.10 Å². The molecule has 2 aliphatic rings. The van der Waals surface area contributed by atoms with E-state index < -0.39 is 6.09 Å². The maximum Gasteiger partial charge on any atom is 0.413 e. The van der Waals surface area contributed by atoms with Crippen molar-refractivity contribution >= 4 is 23.5 Å². The fraction of sp³-hybridized carbons (Fsp3) is 0.444. The highest BCUT2D eigenvalue weighted by atomic mass is 35.5. The second kappa shape index (κ2) is 3.06. The van der Waals surface area contributed by atoms with E-state index in [0.29, 0.717) is 22.5 Å². The lowest BCUT2D eigenvalue weighted by Gasteiger charge is -2.25. The number of ether oxygens (including phenoxy) is 1. The third-order valence-electron chi connectivity index (χ3n) is 2.62. The number of halogens is 1. The zero-order valence-corrected chi connectivity index (χ0v) is 8.49. The Kier molecular flexibility index (Phi) is 1.82. The maximum absolute atomic E-state index is 11.2. The number of amides is 1. The van der Waals surface area contributed by atoms with Crippen LogP contribution in [0.4, 0.5) is 10.6 Å². The van der Waals surface area contributed by atoms with E-state index in [1.54, 1.807) is 0 Å². The van der Waals surface area contributed by atoms with Gasteiger partial charge in [-0.2, -0.15) is 0 Å². The summed E-state index contributed by atoms with van der Waals surface area (Å²) in [4.78, 5) is 19.1. The number of nitrogens with one attached hydrogen (secondary N) is 1. The van der Waals surface area contributed by atoms with Crippen LogP contribution in [0.2, 0.25) is 5.15 Å². The van der Waals surface area contributed by atoms with Crippen LogP contribution in [0.15, 0.2) is 6.33 Å². The van der Waals surface area contributed by atoms with Gasteiger partial charge in [0.1, 0.15) is 23.4 Å². The summed E-state index contributed by atoms with van der Waals surface area (Å²) in [7, 11) is 0. The van der Waals surface area contributed by atoms with Crippen molar-refractivity contribution in [3.8, 4) is 0 Å². The summed E-state index contributed by atoms with van der Waals surface area (Å²) in [6.45, 7) is 0. The number of aromatic nitrogens is 2. The van der Waals surface area contributed by atoms with Gasteiger partial charge in [-0.25, -0.2) is 14.8 Å². The van der Waals surface area contributed by atoms with Gasteiger partial charge in [0.05, 0.1) is 5.56 Å². The van der Waals surface area contributed by atoms with Crippen molar-refractivity contribution in [3.05, 3.63) is 17.0 Å². The van der Waals surface area contributed by atoms with E-state index in [2.05, 4.69) is 15.3 Å². The normalized spacial score (nSPS) is 24.1. The highest BCUT2D eigenvalue weighted by Crippen LogP contribution is 2.48. The van der Waals surface area contributed by atoms with Gasteiger partial charge in [-0.3, -0.25) is 5.32 Å². The van der Waals surface area contributed by atoms with Crippen LogP contribution in [-0.4, -0.2) is 16.1 Å². The van der Waals surface area contributed by atoms with Crippen molar-refractivity contribution in [2.45, 2.75) is 18.9 Å². The van der Waals surface area contributed by atoms with Gasteiger partial charge in [0.15, 0.2) is 0 Å². The van der Waals surface area contributed by atoms with E-state index in [4.69, 9.17) is 16.3 Å². The maximum atomic E-state index is 11.2. The van der Waals surface area contributed by atoms with Crippen LogP contribution < -0.4 is 5.32 Å². The number of anilines is 1. The monoisotopic (exact) mass is 225 g/mol. The molecule has 1 N–H and O–H groups in total. The van der Waals surface area contributed by atoms with E-state index >= 15 is 0 Å². The lowest BCUT2D eigenvalue weighted by atomic mass is 10.1. The zero-order valence-electron chi connectivity index (χ0n) is 7.74. The Morgan fingerprint density at radius 3 is 3.00 bits per heavy atom. The van der Waals surface area contributed by atoms with Crippen LogP contribution in [0.3, 0.4) is 0 Å². The minimum absolute atomic E-state index is 0.276. The standard InChI is InChI=1S/C9H8ClN3O2/c10-7-5-6(4-1-2-4)15-9(14)13-8(5)12-3-11-7/h3-4,6H,1-2H2,(H,11,12,13,14). The molecule has 1 unspecified atom stereocenters. The largest absolute Gasteiger partial charge is 0.441 e. The number of hydrogen-bond donors (Lipinski definition) is 1. The Bertz CT molecular complexity index is 433. The number of carbonyl (C=O) groups is 1. The molecule has 0 saturated heterocycles. The molecule has 1 fully saturated rings. The van der Waals surface area contributed by atoms with Gasteiger partial charge in [-0.05, 0) is 12.8 Å². The van der Waals surface area contributed by atoms with Crippen molar-refractivity contribution in [2.75, 3.05) is 5.32 Å². The molecular weight excluding hydrogens is 218 g/mol. The number of hydrogen-bond acceptors (Lipinski definition) is 4. The Morgan fingerprint density at radius 1 is 1.47 bits per heavy atom. The van der Waals surface area contributed by atoms with Crippen LogP contribution >= 0.6 is 11.6 Å². The van der Waals surface area contributed by atoms with Crippen molar-refractivity contribution in [3.63, 3.8) is 0 Å². The molecule has 78 valence electrons. The number of cyclic esters (lactones) is 1. The first kappa shape index (κ1) is 8.91. The smallest absolute Gasteiger partial charge is 0.413 e. The average Bonchev–Trinajstić information content (AvgIpc) is 2.99. The molecule has 0 aromatic carbocycles. The van der Waals surface area contributed by atoms with Crippen molar-refractivity contribution in [1.29, 1.82) is 0 Å². The lowest BCUT2D eigenvalue weighted by molar-refractivity contribution is 0.0923. The quantitative estimate of drug-likeness (QED) is 0.744. The summed E-state index contributed by atoms with van der Waals surface area (Å²) in [6.07, 6.45) is 2.71. The van der Waals surface area contributed by atoms with Crippen LogP contribution in [-0.2, 0) is 4.74 Å². The number of rotatable bonds is 1.